The maximum atomic E-state index is 13.3. The van der Waals surface area contributed by atoms with Crippen LogP contribution in [0.5, 0.6) is 0 Å². The van der Waals surface area contributed by atoms with Gasteiger partial charge < -0.3 is 37.9 Å². The van der Waals surface area contributed by atoms with Gasteiger partial charge >= 0.3 is 71.4 Å². The van der Waals surface area contributed by atoms with E-state index in [-0.39, 0.29) is 55.5 Å². The van der Waals surface area contributed by atoms with Crippen LogP contribution in [0.15, 0.2) is 99.2 Å². The molecule has 288 valence electrons. The Labute approximate surface area is 289 Å². The van der Waals surface area contributed by atoms with Crippen LogP contribution in [0.3, 0.4) is 0 Å². The fourth-order valence-corrected chi connectivity index (χ4v) is 3.28. The first-order chi connectivity index (χ1) is 25.0. The van der Waals surface area contributed by atoms with Crippen molar-refractivity contribution in [2.24, 2.45) is 0 Å². The third-order valence-corrected chi connectivity index (χ3v) is 4.99. The average Bonchev–Trinajstić information content (AvgIpc) is 3.04. The van der Waals surface area contributed by atoms with Gasteiger partial charge in [-0.15, -0.1) is 0 Å². The molecule has 0 aromatic rings. The smallest absolute Gasteiger partial charge is 0.413 e. The number of carbonyl (C=O) groups is 8. The molecule has 0 fully saturated rings. The molecular formula is C29H20F8O16. The molecule has 24 heteroatoms. The van der Waals surface area contributed by atoms with Gasteiger partial charge in [0.05, 0.1) is 99.2 Å². The Hall–Kier alpha value is -6.88. The lowest BCUT2D eigenvalue weighted by atomic mass is 9.93. The van der Waals surface area contributed by atoms with Crippen LogP contribution in [0.2, 0.25) is 0 Å². The van der Waals surface area contributed by atoms with Crippen molar-refractivity contribution in [1.82, 2.24) is 0 Å². The Morgan fingerprint density at radius 3 is 0.868 bits per heavy atom. The predicted octanol–water partition coefficient (Wildman–Crippen LogP) is 3.63. The Bertz CT molecular complexity index is 1510. The van der Waals surface area contributed by atoms with Crippen molar-refractivity contribution in [3.05, 3.63) is 99.2 Å². The molecule has 0 aliphatic carbocycles. The number of hydrogen-bond donors (Lipinski definition) is 0. The van der Waals surface area contributed by atoms with E-state index in [0.29, 0.717) is 0 Å². The van der Waals surface area contributed by atoms with E-state index in [1.807, 2.05) is 0 Å². The number of ether oxygens (including phenoxy) is 8. The van der Waals surface area contributed by atoms with E-state index >= 15 is 0 Å². The normalized spacial score (nSPS) is 16.0. The summed E-state index contributed by atoms with van der Waals surface area (Å²) in [4.78, 5) is 102. The standard InChI is InChI=1S/C29H20F8O16/c1-27(48-20(40)4-12-32,49-21(41)5-13-33)29(52-24(44)8-16-36,53-25(45)9-17-37)28(50-22(42)6-14-34,51-23(43)7-15-35)26(46-18(38)2-10-30)47-19(39)3-11-31/h2-17,26H,1H3. The molecular weight excluding hydrogens is 756 g/mol. The van der Waals surface area contributed by atoms with Crippen LogP contribution in [0.4, 0.5) is 35.1 Å². The van der Waals surface area contributed by atoms with E-state index in [1.54, 1.807) is 0 Å². The van der Waals surface area contributed by atoms with E-state index < -0.39 is 122 Å². The number of esters is 8. The summed E-state index contributed by atoms with van der Waals surface area (Å²) in [5, 5.41) is 0. The molecule has 0 atom stereocenters. The molecule has 53 heavy (non-hydrogen) atoms. The van der Waals surface area contributed by atoms with Gasteiger partial charge in [-0.25, -0.2) is 73.5 Å². The SMILES string of the molecule is CC(OC(=O)C=CF)(OC(=O)C=CF)C(OC(=O)C=CF)(OC(=O)C=CF)C(OC(=O)C=CF)(OC(=O)C=CF)C(OC(=O)C=CF)OC(=O)C=CF. The van der Waals surface area contributed by atoms with Gasteiger partial charge in [-0.1, -0.05) is 0 Å². The minimum Gasteiger partial charge on any atom is -0.413 e. The summed E-state index contributed by atoms with van der Waals surface area (Å²) in [6, 6.07) is 0. The van der Waals surface area contributed by atoms with Crippen molar-refractivity contribution in [3.8, 4) is 0 Å². The van der Waals surface area contributed by atoms with Crippen LogP contribution in [0.1, 0.15) is 6.92 Å². The average molecular weight is 776 g/mol. The molecule has 0 N–H and O–H groups in total. The van der Waals surface area contributed by atoms with E-state index in [1.165, 1.54) is 0 Å². The first kappa shape index (κ1) is 46.1. The molecule has 0 saturated heterocycles. The number of halogens is 8. The molecule has 0 rings (SSSR count). The summed E-state index contributed by atoms with van der Waals surface area (Å²) < 4.78 is 143. The molecule has 0 aliphatic rings. The van der Waals surface area contributed by atoms with Gasteiger partial charge in [-0.05, 0) is 0 Å². The molecule has 0 amide bonds. The second kappa shape index (κ2) is 22.8. The first-order valence-electron chi connectivity index (χ1n) is 13.0. The number of rotatable bonds is 19. The quantitative estimate of drug-likeness (QED) is 0.0603. The van der Waals surface area contributed by atoms with E-state index in [0.717, 1.165) is 0 Å². The lowest BCUT2D eigenvalue weighted by molar-refractivity contribution is -0.467. The highest BCUT2D eigenvalue weighted by Gasteiger charge is 2.83. The summed E-state index contributed by atoms with van der Waals surface area (Å²) >= 11 is 0. The fourth-order valence-electron chi connectivity index (χ4n) is 3.28. The molecule has 0 aromatic carbocycles. The van der Waals surface area contributed by atoms with Crippen LogP contribution < -0.4 is 0 Å². The summed E-state index contributed by atoms with van der Waals surface area (Å²) in [6.45, 7) is -0.0180. The van der Waals surface area contributed by atoms with E-state index in [4.69, 9.17) is 28.4 Å². The molecule has 0 saturated carbocycles. The van der Waals surface area contributed by atoms with Crippen LogP contribution in [-0.2, 0) is 76.3 Å². The molecule has 0 aromatic heterocycles. The number of carbonyl (C=O) groups excluding carboxylic acids is 8. The third-order valence-electron chi connectivity index (χ3n) is 4.99. The summed E-state index contributed by atoms with van der Waals surface area (Å²) in [5.74, 6) is -32.9. The zero-order chi connectivity index (χ0) is 40.7. The monoisotopic (exact) mass is 776 g/mol. The van der Waals surface area contributed by atoms with Crippen molar-refractivity contribution in [2.45, 2.75) is 30.6 Å². The second-order valence-electron chi connectivity index (χ2n) is 8.30. The van der Waals surface area contributed by atoms with E-state index in [9.17, 15) is 73.5 Å². The number of hydrogen-bond acceptors (Lipinski definition) is 16. The summed E-state index contributed by atoms with van der Waals surface area (Å²) in [7, 11) is 0. The maximum absolute atomic E-state index is 13.3. The van der Waals surface area contributed by atoms with Crippen molar-refractivity contribution >= 4 is 47.8 Å². The van der Waals surface area contributed by atoms with Crippen molar-refractivity contribution < 1.29 is 111 Å². The van der Waals surface area contributed by atoms with Gasteiger partial charge in [0.1, 0.15) is 0 Å². The molecule has 0 unspecified atom stereocenters. The van der Waals surface area contributed by atoms with Crippen LogP contribution in [0, 0.1) is 0 Å². The van der Waals surface area contributed by atoms with E-state index in [2.05, 4.69) is 9.47 Å². The minimum absolute atomic E-state index is 0.0180. The largest absolute Gasteiger partial charge is 0.422 e. The van der Waals surface area contributed by atoms with Gasteiger partial charge in [-0.2, -0.15) is 0 Å². The Morgan fingerprint density at radius 1 is 0.377 bits per heavy atom. The van der Waals surface area contributed by atoms with Gasteiger partial charge in [0.2, 0.25) is 0 Å². The topological polar surface area (TPSA) is 210 Å². The molecule has 0 heterocycles. The molecule has 0 spiro atoms. The Kier molecular flexibility index (Phi) is 19.8. The fraction of sp³-hybridized carbons (Fsp3) is 0.172. The van der Waals surface area contributed by atoms with Gasteiger partial charge in [0.15, 0.2) is 0 Å². The van der Waals surface area contributed by atoms with Gasteiger partial charge in [-0.3, -0.25) is 0 Å². The highest BCUT2D eigenvalue weighted by Crippen LogP contribution is 2.48. The zero-order valence-electron chi connectivity index (χ0n) is 25.9. The van der Waals surface area contributed by atoms with Crippen molar-refractivity contribution in [1.29, 1.82) is 0 Å². The van der Waals surface area contributed by atoms with Crippen LogP contribution in [-0.4, -0.2) is 71.4 Å². The third kappa shape index (κ3) is 13.4. The van der Waals surface area contributed by atoms with Gasteiger partial charge in [0.25, 0.3) is 0 Å². The van der Waals surface area contributed by atoms with Crippen LogP contribution >= 0.6 is 0 Å². The molecule has 0 aliphatic heterocycles. The molecule has 0 radical (unpaired) electrons. The second-order valence-corrected chi connectivity index (χ2v) is 8.30. The highest BCUT2D eigenvalue weighted by atomic mass is 19.1. The first-order valence-corrected chi connectivity index (χ1v) is 13.0. The lowest BCUT2D eigenvalue weighted by Crippen LogP contribution is -2.79. The highest BCUT2D eigenvalue weighted by molar-refractivity contribution is 5.89. The lowest BCUT2D eigenvalue weighted by Gasteiger charge is -2.51. The van der Waals surface area contributed by atoms with Crippen LogP contribution in [0.25, 0.3) is 0 Å². The van der Waals surface area contributed by atoms with Crippen molar-refractivity contribution in [2.75, 3.05) is 0 Å². The molecule has 16 nitrogen and oxygen atoms in total. The summed E-state index contributed by atoms with van der Waals surface area (Å²) in [5.41, 5.74) is 0. The summed E-state index contributed by atoms with van der Waals surface area (Å²) in [6.07, 6.45) is -11.9. The molecule has 0 bridgehead atoms. The minimum atomic E-state index is -5.00. The maximum Gasteiger partial charge on any atom is 0.422 e. The van der Waals surface area contributed by atoms with Crippen molar-refractivity contribution in [3.63, 3.8) is 0 Å². The Morgan fingerprint density at radius 2 is 0.604 bits per heavy atom. The zero-order valence-corrected chi connectivity index (χ0v) is 25.9. The Balaban J connectivity index is 9.61. The predicted molar refractivity (Wildman–Crippen MR) is 148 cm³/mol. The van der Waals surface area contributed by atoms with Gasteiger partial charge in [0, 0.05) is 6.92 Å².